The number of likely N-dealkylation sites (N-methyl/N-ethyl adjacent to an activating group) is 1. The van der Waals surface area contributed by atoms with E-state index in [4.69, 9.17) is 5.73 Å². The molecule has 0 bridgehead atoms. The number of aromatic nitrogens is 2. The molecule has 1 fully saturated rings. The number of imidazole rings is 1. The highest BCUT2D eigenvalue weighted by atomic mass is 15.2. The van der Waals surface area contributed by atoms with Crippen LogP contribution in [0.15, 0.2) is 24.4 Å². The van der Waals surface area contributed by atoms with Crippen molar-refractivity contribution in [1.82, 2.24) is 19.2 Å². The van der Waals surface area contributed by atoms with Crippen molar-refractivity contribution in [2.24, 2.45) is 0 Å². The smallest absolute Gasteiger partial charge is 0.138 e. The topological polar surface area (TPSA) is 49.8 Å². The van der Waals surface area contributed by atoms with Gasteiger partial charge in [0.05, 0.1) is 5.69 Å². The summed E-state index contributed by atoms with van der Waals surface area (Å²) in [6.45, 7) is 5.73. The third-order valence-corrected chi connectivity index (χ3v) is 3.85. The van der Waals surface area contributed by atoms with Gasteiger partial charge in [-0.15, -0.1) is 0 Å². The van der Waals surface area contributed by atoms with Gasteiger partial charge in [0.25, 0.3) is 0 Å². The van der Waals surface area contributed by atoms with Crippen molar-refractivity contribution in [3.63, 3.8) is 0 Å². The summed E-state index contributed by atoms with van der Waals surface area (Å²) in [6, 6.07) is 5.84. The fraction of sp³-hybridized carbons (Fsp3) is 0.500. The Morgan fingerprint density at radius 3 is 2.74 bits per heavy atom. The van der Waals surface area contributed by atoms with Gasteiger partial charge in [-0.3, -0.25) is 4.40 Å². The number of hydrogen-bond acceptors (Lipinski definition) is 4. The van der Waals surface area contributed by atoms with Crippen molar-refractivity contribution in [3.8, 4) is 0 Å². The van der Waals surface area contributed by atoms with Crippen LogP contribution in [0.25, 0.3) is 5.65 Å². The second-order valence-corrected chi connectivity index (χ2v) is 5.31. The minimum atomic E-state index is 0.746. The first-order valence-electron chi connectivity index (χ1n) is 6.86. The molecule has 1 saturated heterocycles. The van der Waals surface area contributed by atoms with Crippen molar-refractivity contribution in [2.75, 3.05) is 45.5 Å². The van der Waals surface area contributed by atoms with Gasteiger partial charge >= 0.3 is 0 Å². The van der Waals surface area contributed by atoms with E-state index >= 15 is 0 Å². The Kier molecular flexibility index (Phi) is 3.40. The van der Waals surface area contributed by atoms with Crippen LogP contribution in [0.4, 0.5) is 5.82 Å². The van der Waals surface area contributed by atoms with E-state index in [1.807, 2.05) is 22.6 Å². The molecule has 1 aliphatic rings. The highest BCUT2D eigenvalue weighted by molar-refractivity contribution is 5.48. The SMILES string of the molecule is CN1CCN(CCc2cn3c(N)cccc3n2)CC1. The molecule has 2 N–H and O–H groups in total. The summed E-state index contributed by atoms with van der Waals surface area (Å²) in [5, 5.41) is 0. The number of nitrogens with zero attached hydrogens (tertiary/aromatic N) is 4. The van der Waals surface area contributed by atoms with Gasteiger partial charge in [-0.25, -0.2) is 4.98 Å². The van der Waals surface area contributed by atoms with E-state index in [1.165, 1.54) is 0 Å². The normalized spacial score (nSPS) is 18.2. The highest BCUT2D eigenvalue weighted by Gasteiger charge is 2.14. The Morgan fingerprint density at radius 2 is 2.00 bits per heavy atom. The molecule has 0 atom stereocenters. The number of nitrogen functional groups attached to an aromatic ring is 1. The Morgan fingerprint density at radius 1 is 1.21 bits per heavy atom. The summed E-state index contributed by atoms with van der Waals surface area (Å²) < 4.78 is 1.96. The molecule has 5 nitrogen and oxygen atoms in total. The summed E-state index contributed by atoms with van der Waals surface area (Å²) in [5.41, 5.74) is 7.99. The number of anilines is 1. The molecule has 0 aromatic carbocycles. The largest absolute Gasteiger partial charge is 0.385 e. The fourth-order valence-corrected chi connectivity index (χ4v) is 2.55. The molecule has 5 heteroatoms. The number of nitrogens with two attached hydrogens (primary N) is 1. The molecule has 0 spiro atoms. The summed E-state index contributed by atoms with van der Waals surface area (Å²) in [7, 11) is 2.18. The quantitative estimate of drug-likeness (QED) is 0.882. The maximum atomic E-state index is 5.93. The van der Waals surface area contributed by atoms with Gasteiger partial charge in [-0.05, 0) is 19.2 Å². The molecule has 2 aromatic rings. The molecule has 19 heavy (non-hydrogen) atoms. The van der Waals surface area contributed by atoms with E-state index in [2.05, 4.69) is 28.0 Å². The van der Waals surface area contributed by atoms with Crippen molar-refractivity contribution < 1.29 is 0 Å². The average Bonchev–Trinajstić information content (AvgIpc) is 2.83. The van der Waals surface area contributed by atoms with E-state index in [0.717, 1.165) is 56.3 Å². The molecule has 2 aromatic heterocycles. The van der Waals surface area contributed by atoms with Crippen LogP contribution < -0.4 is 5.73 Å². The van der Waals surface area contributed by atoms with Crippen LogP contribution in [0, 0.1) is 0 Å². The highest BCUT2D eigenvalue weighted by Crippen LogP contribution is 2.11. The second kappa shape index (κ2) is 5.19. The van der Waals surface area contributed by atoms with Gasteiger partial charge in [0.15, 0.2) is 0 Å². The maximum absolute atomic E-state index is 5.93. The molecule has 0 radical (unpaired) electrons. The van der Waals surface area contributed by atoms with E-state index in [-0.39, 0.29) is 0 Å². The number of fused-ring (bicyclic) bond motifs is 1. The average molecular weight is 259 g/mol. The van der Waals surface area contributed by atoms with Crippen LogP contribution in [0.2, 0.25) is 0 Å². The number of piperazine rings is 1. The molecule has 0 amide bonds. The van der Waals surface area contributed by atoms with Crippen LogP contribution in [-0.2, 0) is 6.42 Å². The Labute approximate surface area is 113 Å². The Bertz CT molecular complexity index is 554. The van der Waals surface area contributed by atoms with Crippen molar-refractivity contribution >= 4 is 11.5 Å². The van der Waals surface area contributed by atoms with Crippen molar-refractivity contribution in [1.29, 1.82) is 0 Å². The van der Waals surface area contributed by atoms with Crippen LogP contribution in [0.3, 0.4) is 0 Å². The summed E-state index contributed by atoms with van der Waals surface area (Å²) in [6.07, 6.45) is 3.05. The van der Waals surface area contributed by atoms with Crippen LogP contribution >= 0.6 is 0 Å². The maximum Gasteiger partial charge on any atom is 0.138 e. The first-order valence-corrected chi connectivity index (χ1v) is 6.86. The van der Waals surface area contributed by atoms with Crippen LogP contribution in [-0.4, -0.2) is 59.0 Å². The zero-order chi connectivity index (χ0) is 13.2. The molecule has 0 unspecified atom stereocenters. The molecule has 3 heterocycles. The summed E-state index contributed by atoms with van der Waals surface area (Å²) >= 11 is 0. The van der Waals surface area contributed by atoms with Gasteiger partial charge in [0.1, 0.15) is 11.5 Å². The molecule has 102 valence electrons. The number of pyridine rings is 1. The lowest BCUT2D eigenvalue weighted by Gasteiger charge is -2.32. The summed E-state index contributed by atoms with van der Waals surface area (Å²) in [5.74, 6) is 0.746. The first kappa shape index (κ1) is 12.4. The van der Waals surface area contributed by atoms with Crippen molar-refractivity contribution in [3.05, 3.63) is 30.1 Å². The molecule has 0 aliphatic carbocycles. The predicted molar refractivity (Wildman–Crippen MR) is 77.2 cm³/mol. The molecule has 3 rings (SSSR count). The van der Waals surface area contributed by atoms with E-state index < -0.39 is 0 Å². The summed E-state index contributed by atoms with van der Waals surface area (Å²) in [4.78, 5) is 9.50. The van der Waals surface area contributed by atoms with Gasteiger partial charge in [-0.1, -0.05) is 6.07 Å². The molecular weight excluding hydrogens is 238 g/mol. The standard InChI is InChI=1S/C14H21N5/c1-17-7-9-18(10-8-17)6-5-12-11-19-13(15)3-2-4-14(19)16-12/h2-4,11H,5-10,15H2,1H3. The van der Waals surface area contributed by atoms with E-state index in [9.17, 15) is 0 Å². The Hall–Kier alpha value is -1.59. The van der Waals surface area contributed by atoms with E-state index in [1.54, 1.807) is 0 Å². The monoisotopic (exact) mass is 259 g/mol. The Balaban J connectivity index is 1.64. The second-order valence-electron chi connectivity index (χ2n) is 5.31. The zero-order valence-electron chi connectivity index (χ0n) is 11.4. The fourth-order valence-electron chi connectivity index (χ4n) is 2.55. The van der Waals surface area contributed by atoms with Gasteiger partial charge in [0, 0.05) is 45.3 Å². The van der Waals surface area contributed by atoms with Crippen LogP contribution in [0.5, 0.6) is 0 Å². The minimum absolute atomic E-state index is 0.746. The third kappa shape index (κ3) is 2.72. The minimum Gasteiger partial charge on any atom is -0.385 e. The lowest BCUT2D eigenvalue weighted by molar-refractivity contribution is 0.155. The molecule has 0 saturated carbocycles. The van der Waals surface area contributed by atoms with E-state index in [0.29, 0.717) is 0 Å². The predicted octanol–water partition coefficient (Wildman–Crippen LogP) is 0.706. The van der Waals surface area contributed by atoms with Gasteiger partial charge in [0.2, 0.25) is 0 Å². The number of hydrogen-bond donors (Lipinski definition) is 1. The molecule has 1 aliphatic heterocycles. The number of rotatable bonds is 3. The third-order valence-electron chi connectivity index (χ3n) is 3.85. The van der Waals surface area contributed by atoms with Gasteiger partial charge in [-0.2, -0.15) is 0 Å². The van der Waals surface area contributed by atoms with Gasteiger partial charge < -0.3 is 15.5 Å². The van der Waals surface area contributed by atoms with Crippen LogP contribution in [0.1, 0.15) is 5.69 Å². The molecular formula is C14H21N5. The van der Waals surface area contributed by atoms with Crippen molar-refractivity contribution in [2.45, 2.75) is 6.42 Å². The zero-order valence-corrected chi connectivity index (χ0v) is 11.4. The lowest BCUT2D eigenvalue weighted by atomic mass is 10.2. The lowest BCUT2D eigenvalue weighted by Crippen LogP contribution is -2.45. The first-order chi connectivity index (χ1) is 9.22.